The molecule has 0 saturated carbocycles. The molecule has 0 bridgehead atoms. The maximum atomic E-state index is 12.4. The fourth-order valence-electron chi connectivity index (χ4n) is 1.62. The number of aryl methyl sites for hydroxylation is 1. The van der Waals surface area contributed by atoms with Gasteiger partial charge >= 0.3 is 6.18 Å². The van der Waals surface area contributed by atoms with Gasteiger partial charge in [-0.1, -0.05) is 35.9 Å². The Kier molecular flexibility index (Phi) is 3.35. The lowest BCUT2D eigenvalue weighted by molar-refractivity contribution is -0.137. The van der Waals surface area contributed by atoms with Gasteiger partial charge in [-0.2, -0.15) is 13.2 Å². The number of rotatable bonds is 1. The van der Waals surface area contributed by atoms with Crippen LogP contribution in [-0.4, -0.2) is 0 Å². The van der Waals surface area contributed by atoms with Crippen molar-refractivity contribution in [2.24, 2.45) is 0 Å². The minimum atomic E-state index is -4.30. The number of halogens is 4. The number of hydrogen-bond acceptors (Lipinski definition) is 0. The molecular formula is C14H10ClF3. The zero-order chi connectivity index (χ0) is 13.3. The second-order valence-corrected chi connectivity index (χ2v) is 4.45. The Morgan fingerprint density at radius 3 is 1.94 bits per heavy atom. The van der Waals surface area contributed by atoms with E-state index in [-0.39, 0.29) is 0 Å². The molecule has 0 unspecified atom stereocenters. The Labute approximate surface area is 108 Å². The molecule has 0 saturated heterocycles. The quantitative estimate of drug-likeness (QED) is 0.657. The fourth-order valence-corrected chi connectivity index (χ4v) is 1.80. The first-order valence-electron chi connectivity index (χ1n) is 5.32. The molecule has 2 rings (SSSR count). The minimum Gasteiger partial charge on any atom is -0.166 e. The van der Waals surface area contributed by atoms with Crippen LogP contribution in [0.15, 0.2) is 42.5 Å². The highest BCUT2D eigenvalue weighted by Gasteiger charge is 2.29. The van der Waals surface area contributed by atoms with Gasteiger partial charge in [-0.3, -0.25) is 0 Å². The number of hydrogen-bond donors (Lipinski definition) is 0. The highest BCUT2D eigenvalue weighted by molar-refractivity contribution is 6.31. The summed E-state index contributed by atoms with van der Waals surface area (Å²) in [6.07, 6.45) is -4.30. The van der Waals surface area contributed by atoms with Crippen LogP contribution in [0, 0.1) is 6.92 Å². The maximum Gasteiger partial charge on any atom is 0.416 e. The molecule has 0 aliphatic heterocycles. The van der Waals surface area contributed by atoms with E-state index in [0.717, 1.165) is 23.3 Å². The average molecular weight is 271 g/mol. The second kappa shape index (κ2) is 4.65. The molecule has 2 aromatic carbocycles. The molecule has 0 atom stereocenters. The maximum absolute atomic E-state index is 12.4. The summed E-state index contributed by atoms with van der Waals surface area (Å²) in [5.74, 6) is 0. The summed E-state index contributed by atoms with van der Waals surface area (Å²) in [5, 5.41) is 0.604. The molecule has 0 spiro atoms. The highest BCUT2D eigenvalue weighted by Crippen LogP contribution is 2.31. The van der Waals surface area contributed by atoms with Gasteiger partial charge in [-0.25, -0.2) is 0 Å². The van der Waals surface area contributed by atoms with Gasteiger partial charge in [0.25, 0.3) is 0 Å². The van der Waals surface area contributed by atoms with E-state index in [0.29, 0.717) is 10.6 Å². The molecule has 0 N–H and O–H groups in total. The van der Waals surface area contributed by atoms with Crippen molar-refractivity contribution < 1.29 is 13.2 Å². The molecular weight excluding hydrogens is 261 g/mol. The predicted octanol–water partition coefficient (Wildman–Crippen LogP) is 5.33. The number of alkyl halides is 3. The zero-order valence-electron chi connectivity index (χ0n) is 9.55. The molecule has 4 heteroatoms. The third-order valence-corrected chi connectivity index (χ3v) is 3.12. The van der Waals surface area contributed by atoms with Crippen LogP contribution < -0.4 is 0 Å². The second-order valence-electron chi connectivity index (χ2n) is 4.04. The third-order valence-electron chi connectivity index (χ3n) is 2.72. The van der Waals surface area contributed by atoms with Crippen LogP contribution in [0.2, 0.25) is 5.02 Å². The molecule has 18 heavy (non-hydrogen) atoms. The van der Waals surface area contributed by atoms with E-state index in [1.165, 1.54) is 12.1 Å². The molecule has 0 aliphatic carbocycles. The first kappa shape index (κ1) is 13.0. The first-order chi connectivity index (χ1) is 8.38. The molecule has 2 aromatic rings. The van der Waals surface area contributed by atoms with Gasteiger partial charge in [-0.15, -0.1) is 0 Å². The van der Waals surface area contributed by atoms with Crippen LogP contribution in [0.3, 0.4) is 0 Å². The molecule has 94 valence electrons. The Morgan fingerprint density at radius 1 is 0.889 bits per heavy atom. The normalized spacial score (nSPS) is 11.6. The van der Waals surface area contributed by atoms with E-state index in [9.17, 15) is 13.2 Å². The predicted molar refractivity (Wildman–Crippen MR) is 66.6 cm³/mol. The van der Waals surface area contributed by atoms with Gasteiger partial charge < -0.3 is 0 Å². The van der Waals surface area contributed by atoms with Crippen molar-refractivity contribution in [2.45, 2.75) is 13.1 Å². The highest BCUT2D eigenvalue weighted by atomic mass is 35.5. The van der Waals surface area contributed by atoms with E-state index in [1.54, 1.807) is 6.07 Å². The van der Waals surface area contributed by atoms with Crippen molar-refractivity contribution >= 4 is 11.6 Å². The molecule has 0 radical (unpaired) electrons. The summed E-state index contributed by atoms with van der Waals surface area (Å²) in [6, 6.07) is 10.5. The fraction of sp³-hybridized carbons (Fsp3) is 0.143. The topological polar surface area (TPSA) is 0 Å². The van der Waals surface area contributed by atoms with Gasteiger partial charge in [0.2, 0.25) is 0 Å². The van der Waals surface area contributed by atoms with Gasteiger partial charge in [0, 0.05) is 5.02 Å². The Morgan fingerprint density at radius 2 is 1.44 bits per heavy atom. The van der Waals surface area contributed by atoms with E-state index >= 15 is 0 Å². The summed E-state index contributed by atoms with van der Waals surface area (Å²) < 4.78 is 37.3. The molecule has 0 fully saturated rings. The van der Waals surface area contributed by atoms with Gasteiger partial charge in [0.15, 0.2) is 0 Å². The molecule has 0 amide bonds. The third kappa shape index (κ3) is 2.67. The molecule has 0 heterocycles. The average Bonchev–Trinajstić information content (AvgIpc) is 2.32. The smallest absolute Gasteiger partial charge is 0.166 e. The van der Waals surface area contributed by atoms with Crippen LogP contribution in [0.4, 0.5) is 13.2 Å². The van der Waals surface area contributed by atoms with Crippen molar-refractivity contribution in [1.82, 2.24) is 0 Å². The SMILES string of the molecule is Cc1ccc(-c2ccc(C(F)(F)F)cc2)cc1Cl. The van der Waals surface area contributed by atoms with Crippen molar-refractivity contribution in [3.63, 3.8) is 0 Å². The Hall–Kier alpha value is -1.48. The summed E-state index contributed by atoms with van der Waals surface area (Å²) in [7, 11) is 0. The Bertz CT molecular complexity index is 556. The van der Waals surface area contributed by atoms with Crippen LogP contribution in [-0.2, 0) is 6.18 Å². The van der Waals surface area contributed by atoms with Gasteiger partial charge in [0.1, 0.15) is 0 Å². The van der Waals surface area contributed by atoms with Crippen molar-refractivity contribution in [3.8, 4) is 11.1 Å². The standard InChI is InChI=1S/C14H10ClF3/c1-9-2-3-11(8-13(9)15)10-4-6-12(7-5-10)14(16,17)18/h2-8H,1H3. The van der Waals surface area contributed by atoms with Crippen molar-refractivity contribution in [1.29, 1.82) is 0 Å². The van der Waals surface area contributed by atoms with E-state index < -0.39 is 11.7 Å². The van der Waals surface area contributed by atoms with Gasteiger partial charge in [-0.05, 0) is 41.8 Å². The zero-order valence-corrected chi connectivity index (χ0v) is 10.3. The Balaban J connectivity index is 2.37. The van der Waals surface area contributed by atoms with Gasteiger partial charge in [0.05, 0.1) is 5.56 Å². The summed E-state index contributed by atoms with van der Waals surface area (Å²) >= 11 is 5.99. The summed E-state index contributed by atoms with van der Waals surface area (Å²) in [4.78, 5) is 0. The first-order valence-corrected chi connectivity index (χ1v) is 5.69. The van der Waals surface area contributed by atoms with Crippen LogP contribution >= 0.6 is 11.6 Å². The minimum absolute atomic E-state index is 0.604. The lowest BCUT2D eigenvalue weighted by atomic mass is 10.0. The van der Waals surface area contributed by atoms with Crippen LogP contribution in [0.25, 0.3) is 11.1 Å². The lowest BCUT2D eigenvalue weighted by Crippen LogP contribution is -2.03. The lowest BCUT2D eigenvalue weighted by Gasteiger charge is -2.08. The van der Waals surface area contributed by atoms with E-state index in [2.05, 4.69) is 0 Å². The monoisotopic (exact) mass is 270 g/mol. The number of benzene rings is 2. The van der Waals surface area contributed by atoms with Crippen molar-refractivity contribution in [3.05, 3.63) is 58.6 Å². The molecule has 0 aromatic heterocycles. The van der Waals surface area contributed by atoms with Crippen molar-refractivity contribution in [2.75, 3.05) is 0 Å². The largest absolute Gasteiger partial charge is 0.416 e. The van der Waals surface area contributed by atoms with E-state index in [4.69, 9.17) is 11.6 Å². The molecule has 0 aliphatic rings. The van der Waals surface area contributed by atoms with E-state index in [1.807, 2.05) is 19.1 Å². The summed E-state index contributed by atoms with van der Waals surface area (Å²) in [6.45, 7) is 1.87. The molecule has 0 nitrogen and oxygen atoms in total. The van der Waals surface area contributed by atoms with Crippen LogP contribution in [0.5, 0.6) is 0 Å². The summed E-state index contributed by atoms with van der Waals surface area (Å²) in [5.41, 5.74) is 1.81. The van der Waals surface area contributed by atoms with Crippen LogP contribution in [0.1, 0.15) is 11.1 Å².